The van der Waals surface area contributed by atoms with Gasteiger partial charge >= 0.3 is 0 Å². The lowest BCUT2D eigenvalue weighted by atomic mass is 9.89. The predicted octanol–water partition coefficient (Wildman–Crippen LogP) is 3.19. The van der Waals surface area contributed by atoms with Crippen molar-refractivity contribution >= 4 is 0 Å². The van der Waals surface area contributed by atoms with Crippen LogP contribution in [-0.4, -0.2) is 35.2 Å². The molecule has 1 aliphatic rings. The van der Waals surface area contributed by atoms with Gasteiger partial charge in [-0.25, -0.2) is 0 Å². The molecule has 1 N–H and O–H groups in total. The Morgan fingerprint density at radius 2 is 1.88 bits per heavy atom. The molecule has 1 aliphatic heterocycles. The first-order valence-corrected chi connectivity index (χ1v) is 7.15. The summed E-state index contributed by atoms with van der Waals surface area (Å²) in [6.45, 7) is 7.93. The molecule has 2 heteroatoms. The van der Waals surface area contributed by atoms with Crippen molar-refractivity contribution in [1.29, 1.82) is 0 Å². The molecule has 0 amide bonds. The van der Waals surface area contributed by atoms with Crippen LogP contribution in [-0.2, 0) is 0 Å². The number of rotatable bonds is 6. The summed E-state index contributed by atoms with van der Waals surface area (Å²) >= 11 is 0. The Morgan fingerprint density at radius 3 is 2.56 bits per heavy atom. The van der Waals surface area contributed by atoms with Crippen molar-refractivity contribution in [2.45, 2.75) is 70.8 Å². The average molecular weight is 227 g/mol. The fourth-order valence-electron chi connectivity index (χ4n) is 2.73. The lowest BCUT2D eigenvalue weighted by Gasteiger charge is -2.27. The first-order valence-electron chi connectivity index (χ1n) is 7.15. The third kappa shape index (κ3) is 4.84. The average Bonchev–Trinajstić information content (AvgIpc) is 2.43. The molecule has 1 saturated heterocycles. The van der Waals surface area contributed by atoms with E-state index in [9.17, 15) is 5.11 Å². The van der Waals surface area contributed by atoms with Crippen molar-refractivity contribution < 1.29 is 5.11 Å². The summed E-state index contributed by atoms with van der Waals surface area (Å²) in [5.74, 6) is 0. The minimum absolute atomic E-state index is 0.350. The van der Waals surface area contributed by atoms with Gasteiger partial charge < -0.3 is 10.0 Å². The van der Waals surface area contributed by atoms with E-state index in [0.29, 0.717) is 0 Å². The van der Waals surface area contributed by atoms with E-state index in [0.717, 1.165) is 25.8 Å². The first-order chi connectivity index (χ1) is 7.70. The fraction of sp³-hybridized carbons (Fsp3) is 1.00. The van der Waals surface area contributed by atoms with Gasteiger partial charge in [0.1, 0.15) is 0 Å². The molecule has 0 saturated carbocycles. The lowest BCUT2D eigenvalue weighted by molar-refractivity contribution is 0.0146. The van der Waals surface area contributed by atoms with Gasteiger partial charge in [0.2, 0.25) is 0 Å². The molecule has 0 aromatic rings. The van der Waals surface area contributed by atoms with Crippen LogP contribution in [0.25, 0.3) is 0 Å². The topological polar surface area (TPSA) is 23.5 Å². The number of likely N-dealkylation sites (tertiary alicyclic amines) is 1. The standard InChI is InChI=1S/C14H29NO/c1-3-5-6-8-14(16)9-7-12-15(11-4-2)13-10-14/h16H,3-13H2,1-2H3. The molecule has 1 atom stereocenters. The highest BCUT2D eigenvalue weighted by atomic mass is 16.3. The van der Waals surface area contributed by atoms with E-state index in [1.165, 1.54) is 45.2 Å². The zero-order valence-corrected chi connectivity index (χ0v) is 11.2. The van der Waals surface area contributed by atoms with Crippen LogP contribution >= 0.6 is 0 Å². The van der Waals surface area contributed by atoms with E-state index in [1.807, 2.05) is 0 Å². The maximum Gasteiger partial charge on any atom is 0.0660 e. The van der Waals surface area contributed by atoms with E-state index in [2.05, 4.69) is 18.7 Å². The van der Waals surface area contributed by atoms with Crippen LogP contribution in [0.5, 0.6) is 0 Å². The van der Waals surface area contributed by atoms with Gasteiger partial charge in [-0.1, -0.05) is 33.1 Å². The molecule has 1 fully saturated rings. The summed E-state index contributed by atoms with van der Waals surface area (Å²) in [7, 11) is 0. The van der Waals surface area contributed by atoms with Crippen LogP contribution in [0.1, 0.15) is 65.2 Å². The van der Waals surface area contributed by atoms with Gasteiger partial charge in [-0.15, -0.1) is 0 Å². The Morgan fingerprint density at radius 1 is 1.06 bits per heavy atom. The third-order valence-corrected chi connectivity index (χ3v) is 3.80. The summed E-state index contributed by atoms with van der Waals surface area (Å²) < 4.78 is 0. The number of aliphatic hydroxyl groups is 1. The van der Waals surface area contributed by atoms with Gasteiger partial charge in [0.05, 0.1) is 5.60 Å². The Labute approximate surface area is 101 Å². The molecule has 2 nitrogen and oxygen atoms in total. The van der Waals surface area contributed by atoms with E-state index in [1.54, 1.807) is 0 Å². The van der Waals surface area contributed by atoms with E-state index < -0.39 is 0 Å². The van der Waals surface area contributed by atoms with E-state index in [4.69, 9.17) is 0 Å². The molecule has 0 aliphatic carbocycles. The normalized spacial score (nSPS) is 27.9. The maximum atomic E-state index is 10.5. The summed E-state index contributed by atoms with van der Waals surface area (Å²) in [5.41, 5.74) is -0.350. The van der Waals surface area contributed by atoms with Crippen LogP contribution in [0.3, 0.4) is 0 Å². The summed E-state index contributed by atoms with van der Waals surface area (Å²) in [5, 5.41) is 10.5. The molecule has 16 heavy (non-hydrogen) atoms. The second-order valence-electron chi connectivity index (χ2n) is 5.38. The number of hydrogen-bond acceptors (Lipinski definition) is 2. The van der Waals surface area contributed by atoms with E-state index in [-0.39, 0.29) is 5.60 Å². The molecule has 0 radical (unpaired) electrons. The molecule has 0 bridgehead atoms. The van der Waals surface area contributed by atoms with Gasteiger partial charge in [-0.3, -0.25) is 0 Å². The highest BCUT2D eigenvalue weighted by molar-refractivity contribution is 4.83. The third-order valence-electron chi connectivity index (χ3n) is 3.80. The molecule has 0 aromatic carbocycles. The highest BCUT2D eigenvalue weighted by Gasteiger charge is 2.28. The number of hydrogen-bond donors (Lipinski definition) is 1. The fourth-order valence-corrected chi connectivity index (χ4v) is 2.73. The van der Waals surface area contributed by atoms with Crippen molar-refractivity contribution in [3.63, 3.8) is 0 Å². The predicted molar refractivity (Wildman–Crippen MR) is 69.7 cm³/mol. The smallest absolute Gasteiger partial charge is 0.0660 e. The maximum absolute atomic E-state index is 10.5. The summed E-state index contributed by atoms with van der Waals surface area (Å²) in [4.78, 5) is 2.51. The number of unbranched alkanes of at least 4 members (excludes halogenated alkanes) is 2. The molecule has 1 heterocycles. The Hall–Kier alpha value is -0.0800. The SMILES string of the molecule is CCCCCC1(O)CCCN(CCC)CC1. The van der Waals surface area contributed by atoms with Crippen molar-refractivity contribution in [2.24, 2.45) is 0 Å². The van der Waals surface area contributed by atoms with Crippen molar-refractivity contribution in [2.75, 3.05) is 19.6 Å². The Bertz CT molecular complexity index is 184. The van der Waals surface area contributed by atoms with Gasteiger partial charge in [-0.2, -0.15) is 0 Å². The van der Waals surface area contributed by atoms with Crippen LogP contribution in [0.15, 0.2) is 0 Å². The van der Waals surface area contributed by atoms with Crippen LogP contribution in [0.2, 0.25) is 0 Å². The zero-order valence-electron chi connectivity index (χ0n) is 11.2. The van der Waals surface area contributed by atoms with Crippen molar-refractivity contribution in [3.8, 4) is 0 Å². The minimum atomic E-state index is -0.350. The lowest BCUT2D eigenvalue weighted by Crippen LogP contribution is -2.31. The minimum Gasteiger partial charge on any atom is -0.390 e. The van der Waals surface area contributed by atoms with Crippen LogP contribution in [0, 0.1) is 0 Å². The second-order valence-corrected chi connectivity index (χ2v) is 5.38. The monoisotopic (exact) mass is 227 g/mol. The summed E-state index contributed by atoms with van der Waals surface area (Å²) in [6.07, 6.45) is 9.12. The first kappa shape index (κ1) is 14.0. The van der Waals surface area contributed by atoms with Gasteiger partial charge in [-0.05, 0) is 45.2 Å². The van der Waals surface area contributed by atoms with Gasteiger partial charge in [0, 0.05) is 6.54 Å². The Balaban J connectivity index is 2.32. The van der Waals surface area contributed by atoms with Crippen LogP contribution < -0.4 is 0 Å². The van der Waals surface area contributed by atoms with Crippen molar-refractivity contribution in [3.05, 3.63) is 0 Å². The van der Waals surface area contributed by atoms with Crippen LogP contribution in [0.4, 0.5) is 0 Å². The number of nitrogens with zero attached hydrogens (tertiary/aromatic N) is 1. The van der Waals surface area contributed by atoms with Gasteiger partial charge in [0.15, 0.2) is 0 Å². The Kier molecular flexibility index (Phi) is 6.37. The largest absolute Gasteiger partial charge is 0.390 e. The van der Waals surface area contributed by atoms with E-state index >= 15 is 0 Å². The molecule has 1 unspecified atom stereocenters. The quantitative estimate of drug-likeness (QED) is 0.704. The molecule has 1 rings (SSSR count). The molecular weight excluding hydrogens is 198 g/mol. The molecule has 0 aromatic heterocycles. The van der Waals surface area contributed by atoms with Crippen molar-refractivity contribution in [1.82, 2.24) is 4.90 Å². The summed E-state index contributed by atoms with van der Waals surface area (Å²) in [6, 6.07) is 0. The zero-order chi connectivity index (χ0) is 11.9. The highest BCUT2D eigenvalue weighted by Crippen LogP contribution is 2.27. The second kappa shape index (κ2) is 7.29. The van der Waals surface area contributed by atoms with Gasteiger partial charge in [0.25, 0.3) is 0 Å². The molecule has 96 valence electrons. The molecular formula is C14H29NO. The molecule has 0 spiro atoms.